The molecule has 6 heteroatoms. The van der Waals surface area contributed by atoms with Gasteiger partial charge in [0.05, 0.1) is 10.9 Å². The number of aromatic amines is 1. The van der Waals surface area contributed by atoms with Crippen LogP contribution < -0.4 is 10.9 Å². The van der Waals surface area contributed by atoms with E-state index in [2.05, 4.69) is 10.3 Å². The molecule has 0 aliphatic heterocycles. The second-order valence-electron chi connectivity index (χ2n) is 5.95. The summed E-state index contributed by atoms with van der Waals surface area (Å²) >= 11 is 5.25. The molecule has 0 bridgehead atoms. The van der Waals surface area contributed by atoms with E-state index in [9.17, 15) is 9.59 Å². The quantitative estimate of drug-likeness (QED) is 0.693. The van der Waals surface area contributed by atoms with E-state index in [1.165, 1.54) is 4.57 Å². The number of hydrogen-bond donors (Lipinski definition) is 2. The smallest absolute Gasteiger partial charge is 0.262 e. The van der Waals surface area contributed by atoms with Gasteiger partial charge in [0, 0.05) is 19.5 Å². The lowest BCUT2D eigenvalue weighted by molar-refractivity contribution is -0.121. The molecule has 0 saturated heterocycles. The lowest BCUT2D eigenvalue weighted by atomic mass is 10.1. The van der Waals surface area contributed by atoms with Crippen molar-refractivity contribution in [1.82, 2.24) is 14.9 Å². The third-order valence-electron chi connectivity index (χ3n) is 4.02. The summed E-state index contributed by atoms with van der Waals surface area (Å²) in [5.74, 6) is -0.115. The molecule has 0 aliphatic rings. The van der Waals surface area contributed by atoms with Crippen LogP contribution in [-0.2, 0) is 17.9 Å². The molecule has 0 radical (unpaired) electrons. The van der Waals surface area contributed by atoms with E-state index in [0.29, 0.717) is 22.2 Å². The van der Waals surface area contributed by atoms with Gasteiger partial charge in [0.25, 0.3) is 5.56 Å². The lowest BCUT2D eigenvalue weighted by Gasteiger charge is -2.09. The van der Waals surface area contributed by atoms with Gasteiger partial charge >= 0.3 is 0 Å². The van der Waals surface area contributed by atoms with E-state index in [4.69, 9.17) is 12.2 Å². The number of carbonyl (C=O) groups excluding carboxylic acids is 1. The molecule has 5 nitrogen and oxygen atoms in total. The molecule has 25 heavy (non-hydrogen) atoms. The van der Waals surface area contributed by atoms with Gasteiger partial charge in [-0.15, -0.1) is 0 Å². The van der Waals surface area contributed by atoms with E-state index >= 15 is 0 Å². The molecule has 0 spiro atoms. The zero-order valence-electron chi connectivity index (χ0n) is 13.9. The van der Waals surface area contributed by atoms with Crippen LogP contribution in [-0.4, -0.2) is 15.5 Å². The molecule has 1 amide bonds. The highest BCUT2D eigenvalue weighted by atomic mass is 32.1. The molecular formula is C19H19N3O2S. The molecule has 128 valence electrons. The minimum atomic E-state index is -0.175. The van der Waals surface area contributed by atoms with Gasteiger partial charge in [0.15, 0.2) is 4.77 Å². The van der Waals surface area contributed by atoms with E-state index < -0.39 is 0 Å². The molecule has 1 heterocycles. The Morgan fingerprint density at radius 1 is 1.20 bits per heavy atom. The van der Waals surface area contributed by atoms with Crippen molar-refractivity contribution in [2.75, 3.05) is 0 Å². The number of nitrogens with zero attached hydrogens (tertiary/aromatic N) is 1. The Bertz CT molecular complexity index is 1040. The maximum Gasteiger partial charge on any atom is 0.262 e. The number of fused-ring (bicyclic) bond motifs is 1. The Kier molecular flexibility index (Phi) is 5.09. The summed E-state index contributed by atoms with van der Waals surface area (Å²) in [5, 5.41) is 3.44. The first-order valence-corrected chi connectivity index (χ1v) is 8.49. The van der Waals surface area contributed by atoms with Crippen molar-refractivity contribution in [1.29, 1.82) is 0 Å². The minimum Gasteiger partial charge on any atom is -0.352 e. The van der Waals surface area contributed by atoms with Crippen molar-refractivity contribution in [3.05, 3.63) is 74.8 Å². The first kappa shape index (κ1) is 17.1. The Hall–Kier alpha value is -2.73. The van der Waals surface area contributed by atoms with Gasteiger partial charge in [-0.05, 0) is 36.8 Å². The largest absolute Gasteiger partial charge is 0.352 e. The Labute approximate surface area is 150 Å². The van der Waals surface area contributed by atoms with E-state index in [1.807, 2.05) is 43.3 Å². The summed E-state index contributed by atoms with van der Waals surface area (Å²) < 4.78 is 1.76. The standard InChI is InChI=1S/C19H19N3O2S/c1-13-5-4-6-14(11-13)12-20-17(23)9-10-22-18(24)15-7-2-3-8-16(15)21-19(22)25/h2-8,11H,9-10,12H2,1H3,(H,20,23)(H,21,25). The SMILES string of the molecule is Cc1cccc(CNC(=O)CCn2c(=S)[nH]c3ccccc3c2=O)c1. The van der Waals surface area contributed by atoms with Crippen LogP contribution >= 0.6 is 12.2 Å². The molecule has 0 aliphatic carbocycles. The van der Waals surface area contributed by atoms with Gasteiger partial charge in [0.1, 0.15) is 0 Å². The summed E-state index contributed by atoms with van der Waals surface area (Å²) in [4.78, 5) is 27.6. The number of aromatic nitrogens is 2. The van der Waals surface area contributed by atoms with Gasteiger partial charge in [-0.25, -0.2) is 0 Å². The van der Waals surface area contributed by atoms with Gasteiger partial charge in [-0.2, -0.15) is 0 Å². The third kappa shape index (κ3) is 4.03. The number of nitrogens with one attached hydrogen (secondary N) is 2. The third-order valence-corrected chi connectivity index (χ3v) is 4.35. The topological polar surface area (TPSA) is 66.9 Å². The summed E-state index contributed by atoms with van der Waals surface area (Å²) in [6, 6.07) is 15.2. The van der Waals surface area contributed by atoms with E-state index in [-0.39, 0.29) is 24.4 Å². The van der Waals surface area contributed by atoms with Crippen molar-refractivity contribution in [3.8, 4) is 0 Å². The fourth-order valence-electron chi connectivity index (χ4n) is 2.73. The highest BCUT2D eigenvalue weighted by Crippen LogP contribution is 2.06. The first-order valence-electron chi connectivity index (χ1n) is 8.09. The molecule has 0 atom stereocenters. The predicted molar refractivity (Wildman–Crippen MR) is 101 cm³/mol. The van der Waals surface area contributed by atoms with Crippen molar-refractivity contribution in [3.63, 3.8) is 0 Å². The number of benzene rings is 2. The zero-order valence-corrected chi connectivity index (χ0v) is 14.7. The minimum absolute atomic E-state index is 0.115. The zero-order chi connectivity index (χ0) is 17.8. The molecule has 1 aromatic heterocycles. The van der Waals surface area contributed by atoms with Crippen LogP contribution in [0.5, 0.6) is 0 Å². The molecule has 0 saturated carbocycles. The van der Waals surface area contributed by atoms with Crippen LogP contribution in [0.4, 0.5) is 0 Å². The molecular weight excluding hydrogens is 334 g/mol. The molecule has 2 N–H and O–H groups in total. The van der Waals surface area contributed by atoms with Crippen LogP contribution in [0, 0.1) is 11.7 Å². The number of rotatable bonds is 5. The fourth-order valence-corrected chi connectivity index (χ4v) is 3.01. The number of para-hydroxylation sites is 1. The maximum atomic E-state index is 12.5. The second-order valence-corrected chi connectivity index (χ2v) is 6.34. The molecule has 2 aromatic carbocycles. The summed E-state index contributed by atoms with van der Waals surface area (Å²) in [7, 11) is 0. The fraction of sp³-hybridized carbons (Fsp3) is 0.211. The molecule has 3 rings (SSSR count). The highest BCUT2D eigenvalue weighted by molar-refractivity contribution is 7.71. The Morgan fingerprint density at radius 3 is 2.80 bits per heavy atom. The van der Waals surface area contributed by atoms with Gasteiger partial charge in [-0.3, -0.25) is 14.2 Å². The maximum absolute atomic E-state index is 12.5. The molecule has 3 aromatic rings. The monoisotopic (exact) mass is 353 g/mol. The summed E-state index contributed by atoms with van der Waals surface area (Å²) in [5.41, 5.74) is 2.73. The van der Waals surface area contributed by atoms with Crippen LogP contribution in [0.25, 0.3) is 10.9 Å². The highest BCUT2D eigenvalue weighted by Gasteiger charge is 2.08. The second kappa shape index (κ2) is 7.44. The normalized spacial score (nSPS) is 10.8. The number of hydrogen-bond acceptors (Lipinski definition) is 3. The van der Waals surface area contributed by atoms with Crippen molar-refractivity contribution >= 4 is 29.0 Å². The molecule has 0 fully saturated rings. The average Bonchev–Trinajstić information content (AvgIpc) is 2.60. The van der Waals surface area contributed by atoms with Crippen LogP contribution in [0.1, 0.15) is 17.5 Å². The molecule has 0 unspecified atom stereocenters. The van der Waals surface area contributed by atoms with Crippen molar-refractivity contribution in [2.24, 2.45) is 0 Å². The summed E-state index contributed by atoms with van der Waals surface area (Å²) in [6.07, 6.45) is 0.196. The Morgan fingerprint density at radius 2 is 2.00 bits per heavy atom. The van der Waals surface area contributed by atoms with E-state index in [1.54, 1.807) is 12.1 Å². The van der Waals surface area contributed by atoms with Gasteiger partial charge < -0.3 is 10.3 Å². The summed E-state index contributed by atoms with van der Waals surface area (Å²) in [6.45, 7) is 2.73. The van der Waals surface area contributed by atoms with Crippen molar-refractivity contribution in [2.45, 2.75) is 26.4 Å². The first-order chi connectivity index (χ1) is 12.0. The number of H-pyrrole nitrogens is 1. The van der Waals surface area contributed by atoms with Crippen LogP contribution in [0.2, 0.25) is 0 Å². The number of amides is 1. The average molecular weight is 353 g/mol. The van der Waals surface area contributed by atoms with Crippen LogP contribution in [0.15, 0.2) is 53.3 Å². The predicted octanol–water partition coefficient (Wildman–Crippen LogP) is 3.07. The number of carbonyl (C=O) groups is 1. The van der Waals surface area contributed by atoms with Gasteiger partial charge in [-0.1, -0.05) is 42.0 Å². The van der Waals surface area contributed by atoms with E-state index in [0.717, 1.165) is 11.1 Å². The Balaban J connectivity index is 1.67. The number of aryl methyl sites for hydroxylation is 1. The lowest BCUT2D eigenvalue weighted by Crippen LogP contribution is -2.28. The van der Waals surface area contributed by atoms with Gasteiger partial charge in [0.2, 0.25) is 5.91 Å². The van der Waals surface area contributed by atoms with Crippen molar-refractivity contribution < 1.29 is 4.79 Å². The van der Waals surface area contributed by atoms with Crippen LogP contribution in [0.3, 0.4) is 0 Å².